The molecular formula is C18H22N6. The van der Waals surface area contributed by atoms with Crippen LogP contribution >= 0.6 is 0 Å². The van der Waals surface area contributed by atoms with Crippen molar-refractivity contribution >= 4 is 11.6 Å². The largest absolute Gasteiger partial charge is 0.323 e. The molecule has 3 rings (SSSR count). The summed E-state index contributed by atoms with van der Waals surface area (Å²) in [5.74, 6) is 2.84. The lowest BCUT2D eigenvalue weighted by Gasteiger charge is -2.07. The quantitative estimate of drug-likeness (QED) is 0.747. The first-order valence-corrected chi connectivity index (χ1v) is 8.17. The summed E-state index contributed by atoms with van der Waals surface area (Å²) in [6, 6.07) is 7.70. The minimum atomic E-state index is 0.657. The van der Waals surface area contributed by atoms with Gasteiger partial charge >= 0.3 is 0 Å². The van der Waals surface area contributed by atoms with Crippen LogP contribution in [0.4, 0.5) is 11.6 Å². The standard InChI is InChI=1S/C18H22N6/c1-13(2)6-9-24-10-7-16(23-24)21-17-11-14(3)20-18(22-17)15-5-4-8-19-12-15/h4-5,7-8,10-13H,6,9H2,1-3H3,(H,20,21,22,23). The van der Waals surface area contributed by atoms with Gasteiger partial charge in [-0.1, -0.05) is 13.8 Å². The molecule has 3 aromatic rings. The van der Waals surface area contributed by atoms with Crippen molar-refractivity contribution in [2.75, 3.05) is 5.32 Å². The summed E-state index contributed by atoms with van der Waals surface area (Å²) in [6.45, 7) is 7.30. The summed E-state index contributed by atoms with van der Waals surface area (Å²) in [5, 5.41) is 7.80. The number of aryl methyl sites for hydroxylation is 2. The number of nitrogens with zero attached hydrogens (tertiary/aromatic N) is 5. The fourth-order valence-corrected chi connectivity index (χ4v) is 2.33. The van der Waals surface area contributed by atoms with E-state index in [2.05, 4.69) is 39.2 Å². The molecule has 6 nitrogen and oxygen atoms in total. The molecule has 3 aromatic heterocycles. The topological polar surface area (TPSA) is 68.5 Å². The minimum absolute atomic E-state index is 0.657. The van der Waals surface area contributed by atoms with Crippen LogP contribution in [0.3, 0.4) is 0 Å². The number of hydrogen-bond donors (Lipinski definition) is 1. The summed E-state index contributed by atoms with van der Waals surface area (Å²) < 4.78 is 1.96. The fourth-order valence-electron chi connectivity index (χ4n) is 2.33. The lowest BCUT2D eigenvalue weighted by atomic mass is 10.1. The molecular weight excluding hydrogens is 300 g/mol. The van der Waals surface area contributed by atoms with Crippen molar-refractivity contribution in [3.05, 3.63) is 48.5 Å². The van der Waals surface area contributed by atoms with Gasteiger partial charge in [0.15, 0.2) is 11.6 Å². The Bertz CT molecular complexity index is 794. The van der Waals surface area contributed by atoms with Crippen LogP contribution in [0.25, 0.3) is 11.4 Å². The van der Waals surface area contributed by atoms with E-state index in [0.717, 1.165) is 35.9 Å². The first kappa shape index (κ1) is 16.1. The molecule has 0 aliphatic rings. The van der Waals surface area contributed by atoms with Gasteiger partial charge in [0.05, 0.1) is 0 Å². The van der Waals surface area contributed by atoms with Crippen molar-refractivity contribution < 1.29 is 0 Å². The summed E-state index contributed by atoms with van der Waals surface area (Å²) in [6.07, 6.45) is 6.60. The number of pyridine rings is 1. The van der Waals surface area contributed by atoms with Gasteiger partial charge in [-0.3, -0.25) is 9.67 Å². The maximum absolute atomic E-state index is 4.57. The van der Waals surface area contributed by atoms with Gasteiger partial charge in [-0.2, -0.15) is 5.10 Å². The van der Waals surface area contributed by atoms with Crippen molar-refractivity contribution in [3.63, 3.8) is 0 Å². The zero-order valence-corrected chi connectivity index (χ0v) is 14.3. The van der Waals surface area contributed by atoms with Gasteiger partial charge in [0.2, 0.25) is 0 Å². The number of aromatic nitrogens is 5. The van der Waals surface area contributed by atoms with E-state index in [1.165, 1.54) is 0 Å². The predicted octanol–water partition coefficient (Wildman–Crippen LogP) is 3.83. The van der Waals surface area contributed by atoms with Crippen molar-refractivity contribution in [3.8, 4) is 11.4 Å². The summed E-state index contributed by atoms with van der Waals surface area (Å²) in [5.41, 5.74) is 1.79. The van der Waals surface area contributed by atoms with Crippen LogP contribution in [0, 0.1) is 12.8 Å². The van der Waals surface area contributed by atoms with Crippen LogP contribution in [-0.2, 0) is 6.54 Å². The van der Waals surface area contributed by atoms with Crippen LogP contribution in [-0.4, -0.2) is 24.7 Å². The number of rotatable bonds is 6. The highest BCUT2D eigenvalue weighted by molar-refractivity contribution is 5.59. The van der Waals surface area contributed by atoms with E-state index in [4.69, 9.17) is 0 Å². The maximum Gasteiger partial charge on any atom is 0.163 e. The monoisotopic (exact) mass is 322 g/mol. The van der Waals surface area contributed by atoms with E-state index < -0.39 is 0 Å². The molecule has 0 radical (unpaired) electrons. The summed E-state index contributed by atoms with van der Waals surface area (Å²) >= 11 is 0. The second-order valence-corrected chi connectivity index (χ2v) is 6.23. The van der Waals surface area contributed by atoms with Crippen molar-refractivity contribution in [2.24, 2.45) is 5.92 Å². The summed E-state index contributed by atoms with van der Waals surface area (Å²) in [7, 11) is 0. The minimum Gasteiger partial charge on any atom is -0.323 e. The van der Waals surface area contributed by atoms with E-state index in [0.29, 0.717) is 11.7 Å². The molecule has 0 saturated heterocycles. The van der Waals surface area contributed by atoms with E-state index in [9.17, 15) is 0 Å². The molecule has 0 aliphatic heterocycles. The molecule has 0 amide bonds. The van der Waals surface area contributed by atoms with Gasteiger partial charge in [0.1, 0.15) is 5.82 Å². The molecule has 6 heteroatoms. The Morgan fingerprint density at radius 3 is 2.79 bits per heavy atom. The Kier molecular flexibility index (Phi) is 4.84. The van der Waals surface area contributed by atoms with Gasteiger partial charge < -0.3 is 5.32 Å². The molecule has 124 valence electrons. The maximum atomic E-state index is 4.57. The van der Waals surface area contributed by atoms with Crippen LogP contribution in [0.2, 0.25) is 0 Å². The first-order chi connectivity index (χ1) is 11.6. The van der Waals surface area contributed by atoms with Gasteiger partial charge in [0, 0.05) is 48.5 Å². The van der Waals surface area contributed by atoms with Gasteiger partial charge in [-0.15, -0.1) is 0 Å². The van der Waals surface area contributed by atoms with Crippen LogP contribution in [0.1, 0.15) is 26.0 Å². The Morgan fingerprint density at radius 2 is 2.04 bits per heavy atom. The summed E-state index contributed by atoms with van der Waals surface area (Å²) in [4.78, 5) is 13.2. The Hall–Kier alpha value is -2.76. The van der Waals surface area contributed by atoms with E-state index >= 15 is 0 Å². The molecule has 0 aliphatic carbocycles. The molecule has 0 atom stereocenters. The molecule has 0 bridgehead atoms. The van der Waals surface area contributed by atoms with Crippen molar-refractivity contribution in [1.29, 1.82) is 0 Å². The third-order valence-electron chi connectivity index (χ3n) is 3.61. The number of hydrogen-bond acceptors (Lipinski definition) is 5. The average Bonchev–Trinajstić information content (AvgIpc) is 3.01. The average molecular weight is 322 g/mol. The molecule has 0 fully saturated rings. The Balaban J connectivity index is 1.77. The second-order valence-electron chi connectivity index (χ2n) is 6.23. The van der Waals surface area contributed by atoms with Gasteiger partial charge in [-0.05, 0) is 31.4 Å². The zero-order chi connectivity index (χ0) is 16.9. The zero-order valence-electron chi connectivity index (χ0n) is 14.3. The Labute approximate surface area is 142 Å². The molecule has 24 heavy (non-hydrogen) atoms. The molecule has 3 heterocycles. The van der Waals surface area contributed by atoms with E-state index in [-0.39, 0.29) is 0 Å². The number of nitrogens with one attached hydrogen (secondary N) is 1. The predicted molar refractivity (Wildman–Crippen MR) is 95.0 cm³/mol. The normalized spacial score (nSPS) is 11.0. The van der Waals surface area contributed by atoms with Crippen LogP contribution in [0.15, 0.2) is 42.9 Å². The third kappa shape index (κ3) is 4.16. The highest BCUT2D eigenvalue weighted by atomic mass is 15.3. The Morgan fingerprint density at radius 1 is 1.17 bits per heavy atom. The van der Waals surface area contributed by atoms with E-state index in [1.807, 2.05) is 42.1 Å². The third-order valence-corrected chi connectivity index (χ3v) is 3.61. The van der Waals surface area contributed by atoms with Gasteiger partial charge in [-0.25, -0.2) is 9.97 Å². The van der Waals surface area contributed by atoms with Crippen molar-refractivity contribution in [2.45, 2.75) is 33.7 Å². The molecule has 0 saturated carbocycles. The number of anilines is 2. The highest BCUT2D eigenvalue weighted by Crippen LogP contribution is 2.19. The van der Waals surface area contributed by atoms with E-state index in [1.54, 1.807) is 12.4 Å². The molecule has 0 aromatic carbocycles. The highest BCUT2D eigenvalue weighted by Gasteiger charge is 2.07. The SMILES string of the molecule is Cc1cc(Nc2ccn(CCC(C)C)n2)nc(-c2cccnc2)n1. The lowest BCUT2D eigenvalue weighted by molar-refractivity contribution is 0.488. The molecule has 0 spiro atoms. The van der Waals surface area contributed by atoms with Crippen molar-refractivity contribution in [1.82, 2.24) is 24.7 Å². The lowest BCUT2D eigenvalue weighted by Crippen LogP contribution is -2.03. The van der Waals surface area contributed by atoms with Crippen LogP contribution in [0.5, 0.6) is 0 Å². The second kappa shape index (κ2) is 7.21. The molecule has 0 unspecified atom stereocenters. The smallest absolute Gasteiger partial charge is 0.163 e. The van der Waals surface area contributed by atoms with Gasteiger partial charge in [0.25, 0.3) is 0 Å². The first-order valence-electron chi connectivity index (χ1n) is 8.17. The van der Waals surface area contributed by atoms with Crippen LogP contribution < -0.4 is 5.32 Å². The fraction of sp³-hybridized carbons (Fsp3) is 0.333. The molecule has 1 N–H and O–H groups in total.